The molecule has 1 saturated heterocycles. The van der Waals surface area contributed by atoms with E-state index in [2.05, 4.69) is 15.0 Å². The molecule has 0 amide bonds. The first-order valence-electron chi connectivity index (χ1n) is 7.79. The van der Waals surface area contributed by atoms with Crippen LogP contribution in [-0.4, -0.2) is 41.7 Å². The summed E-state index contributed by atoms with van der Waals surface area (Å²) in [6.45, 7) is 9.28. The van der Waals surface area contributed by atoms with E-state index in [1.165, 1.54) is 0 Å². The number of ether oxygens (including phenoxy) is 1. The average Bonchev–Trinajstić information content (AvgIpc) is 2.84. The van der Waals surface area contributed by atoms with Gasteiger partial charge in [-0.1, -0.05) is 5.16 Å². The average molecular weight is 315 g/mol. The van der Waals surface area contributed by atoms with Gasteiger partial charge in [-0.3, -0.25) is 4.79 Å². The number of aldehydes is 1. The van der Waals surface area contributed by atoms with Crippen molar-refractivity contribution in [3.8, 4) is 11.3 Å². The zero-order chi connectivity index (χ0) is 16.6. The third-order valence-corrected chi connectivity index (χ3v) is 4.06. The third-order valence-electron chi connectivity index (χ3n) is 4.06. The molecule has 1 fully saturated rings. The standard InChI is InChI=1S/C17H21N3O3/c1-10-7-20(8-11(2)22-10)16-6-5-14(18-15(16)9-21)17-12(3)19-23-13(17)4/h5-6,9-11H,7-8H2,1-4H3. The van der Waals surface area contributed by atoms with Crippen LogP contribution in [0, 0.1) is 13.8 Å². The number of pyridine rings is 1. The highest BCUT2D eigenvalue weighted by molar-refractivity contribution is 5.84. The lowest BCUT2D eigenvalue weighted by molar-refractivity contribution is -0.00527. The van der Waals surface area contributed by atoms with E-state index in [1.807, 2.05) is 39.8 Å². The van der Waals surface area contributed by atoms with Crippen LogP contribution in [0.15, 0.2) is 16.7 Å². The summed E-state index contributed by atoms with van der Waals surface area (Å²) in [7, 11) is 0. The minimum Gasteiger partial charge on any atom is -0.372 e. The van der Waals surface area contributed by atoms with E-state index in [-0.39, 0.29) is 12.2 Å². The molecule has 0 aromatic carbocycles. The molecule has 3 heterocycles. The van der Waals surface area contributed by atoms with Gasteiger partial charge in [-0.25, -0.2) is 4.98 Å². The van der Waals surface area contributed by atoms with Gasteiger partial charge in [0.2, 0.25) is 0 Å². The molecule has 2 aromatic heterocycles. The molecule has 2 unspecified atom stereocenters. The summed E-state index contributed by atoms with van der Waals surface area (Å²) in [5, 5.41) is 3.95. The van der Waals surface area contributed by atoms with Gasteiger partial charge in [0, 0.05) is 13.1 Å². The highest BCUT2D eigenvalue weighted by Crippen LogP contribution is 2.29. The molecule has 6 heteroatoms. The number of hydrogen-bond donors (Lipinski definition) is 0. The number of aryl methyl sites for hydroxylation is 2. The van der Waals surface area contributed by atoms with Crippen LogP contribution in [-0.2, 0) is 4.74 Å². The monoisotopic (exact) mass is 315 g/mol. The zero-order valence-electron chi connectivity index (χ0n) is 13.9. The maximum absolute atomic E-state index is 11.6. The number of nitrogens with zero attached hydrogens (tertiary/aromatic N) is 3. The first-order valence-corrected chi connectivity index (χ1v) is 7.79. The lowest BCUT2D eigenvalue weighted by Crippen LogP contribution is -2.45. The van der Waals surface area contributed by atoms with Gasteiger partial charge in [0.15, 0.2) is 6.29 Å². The molecule has 122 valence electrons. The van der Waals surface area contributed by atoms with Crippen LogP contribution in [0.5, 0.6) is 0 Å². The predicted molar refractivity (Wildman–Crippen MR) is 86.8 cm³/mol. The van der Waals surface area contributed by atoms with Gasteiger partial charge in [0.25, 0.3) is 0 Å². The van der Waals surface area contributed by atoms with E-state index in [0.717, 1.165) is 36.3 Å². The second-order valence-electron chi connectivity index (χ2n) is 6.08. The number of morpholine rings is 1. The lowest BCUT2D eigenvalue weighted by atomic mass is 10.1. The second-order valence-corrected chi connectivity index (χ2v) is 6.08. The van der Waals surface area contributed by atoms with Crippen LogP contribution in [0.3, 0.4) is 0 Å². The van der Waals surface area contributed by atoms with Gasteiger partial charge < -0.3 is 14.2 Å². The van der Waals surface area contributed by atoms with Crippen LogP contribution in [0.2, 0.25) is 0 Å². The number of carbonyl (C=O) groups is 1. The van der Waals surface area contributed by atoms with Gasteiger partial charge in [-0.15, -0.1) is 0 Å². The van der Waals surface area contributed by atoms with Crippen LogP contribution in [0.1, 0.15) is 35.8 Å². The molecule has 2 aromatic rings. The first-order chi connectivity index (χ1) is 11.0. The Labute approximate surface area is 135 Å². The number of aromatic nitrogens is 2. The van der Waals surface area contributed by atoms with E-state index in [4.69, 9.17) is 9.26 Å². The van der Waals surface area contributed by atoms with Gasteiger partial charge in [-0.05, 0) is 39.8 Å². The molecule has 1 aliphatic rings. The van der Waals surface area contributed by atoms with E-state index in [1.54, 1.807) is 0 Å². The maximum atomic E-state index is 11.6. The van der Waals surface area contributed by atoms with Gasteiger partial charge >= 0.3 is 0 Å². The molecule has 1 aliphatic heterocycles. The highest BCUT2D eigenvalue weighted by atomic mass is 16.5. The first kappa shape index (κ1) is 15.7. The molecule has 0 aliphatic carbocycles. The molecule has 2 atom stereocenters. The summed E-state index contributed by atoms with van der Waals surface area (Å²) in [4.78, 5) is 18.3. The third kappa shape index (κ3) is 2.99. The largest absolute Gasteiger partial charge is 0.372 e. The normalized spacial score (nSPS) is 21.5. The fourth-order valence-corrected chi connectivity index (χ4v) is 3.18. The molecule has 0 bridgehead atoms. The highest BCUT2D eigenvalue weighted by Gasteiger charge is 2.25. The van der Waals surface area contributed by atoms with Crippen molar-refractivity contribution in [2.45, 2.75) is 39.9 Å². The lowest BCUT2D eigenvalue weighted by Gasteiger charge is -2.37. The maximum Gasteiger partial charge on any atom is 0.170 e. The van der Waals surface area contributed by atoms with Crippen molar-refractivity contribution < 1.29 is 14.1 Å². The Morgan fingerprint density at radius 1 is 1.22 bits per heavy atom. The Balaban J connectivity index is 1.99. The molecule has 23 heavy (non-hydrogen) atoms. The molecular weight excluding hydrogens is 294 g/mol. The molecule has 0 N–H and O–H groups in total. The van der Waals surface area contributed by atoms with E-state index < -0.39 is 0 Å². The summed E-state index contributed by atoms with van der Waals surface area (Å²) in [6.07, 6.45) is 1.06. The number of carbonyl (C=O) groups excluding carboxylic acids is 1. The van der Waals surface area contributed by atoms with Crippen molar-refractivity contribution in [1.82, 2.24) is 10.1 Å². The fourth-order valence-electron chi connectivity index (χ4n) is 3.18. The molecular formula is C17H21N3O3. The fraction of sp³-hybridized carbons (Fsp3) is 0.471. The Bertz CT molecular complexity index is 696. The topological polar surface area (TPSA) is 68.5 Å². The quantitative estimate of drug-likeness (QED) is 0.811. The number of anilines is 1. The summed E-state index contributed by atoms with van der Waals surface area (Å²) in [6, 6.07) is 3.86. The van der Waals surface area contributed by atoms with Gasteiger partial charge in [0.1, 0.15) is 11.5 Å². The second kappa shape index (κ2) is 6.12. The van der Waals surface area contributed by atoms with Crippen molar-refractivity contribution in [1.29, 1.82) is 0 Å². The van der Waals surface area contributed by atoms with Crippen molar-refractivity contribution in [3.05, 3.63) is 29.3 Å². The molecule has 0 spiro atoms. The molecule has 0 saturated carbocycles. The van der Waals surface area contributed by atoms with E-state index >= 15 is 0 Å². The molecule has 6 nitrogen and oxygen atoms in total. The van der Waals surface area contributed by atoms with Crippen molar-refractivity contribution in [2.24, 2.45) is 0 Å². The molecule has 0 radical (unpaired) electrons. The summed E-state index contributed by atoms with van der Waals surface area (Å²) < 4.78 is 10.9. The minimum absolute atomic E-state index is 0.125. The van der Waals surface area contributed by atoms with Gasteiger partial charge in [0.05, 0.1) is 34.8 Å². The Morgan fingerprint density at radius 3 is 2.48 bits per heavy atom. The number of hydrogen-bond acceptors (Lipinski definition) is 6. The summed E-state index contributed by atoms with van der Waals surface area (Å²) in [5.41, 5.74) is 3.61. The Hall–Kier alpha value is -2.21. The van der Waals surface area contributed by atoms with Crippen LogP contribution < -0.4 is 4.90 Å². The smallest absolute Gasteiger partial charge is 0.170 e. The van der Waals surface area contributed by atoms with Crippen molar-refractivity contribution in [2.75, 3.05) is 18.0 Å². The zero-order valence-corrected chi connectivity index (χ0v) is 13.9. The molecule has 3 rings (SSSR count). The Kier molecular flexibility index (Phi) is 4.17. The number of rotatable bonds is 3. The predicted octanol–water partition coefficient (Wildman–Crippen LogP) is 2.78. The van der Waals surface area contributed by atoms with Crippen LogP contribution >= 0.6 is 0 Å². The summed E-state index contributed by atoms with van der Waals surface area (Å²) >= 11 is 0. The van der Waals surface area contributed by atoms with Crippen LogP contribution in [0.4, 0.5) is 5.69 Å². The SMILES string of the molecule is Cc1noc(C)c1-c1ccc(N2CC(C)OC(C)C2)c(C=O)n1. The Morgan fingerprint density at radius 2 is 1.91 bits per heavy atom. The minimum atomic E-state index is 0.125. The van der Waals surface area contributed by atoms with E-state index in [0.29, 0.717) is 17.1 Å². The summed E-state index contributed by atoms with van der Waals surface area (Å²) in [5.74, 6) is 0.702. The van der Waals surface area contributed by atoms with Crippen LogP contribution in [0.25, 0.3) is 11.3 Å². The van der Waals surface area contributed by atoms with Gasteiger partial charge in [-0.2, -0.15) is 0 Å². The van der Waals surface area contributed by atoms with Crippen molar-refractivity contribution >= 4 is 12.0 Å². The van der Waals surface area contributed by atoms with Crippen molar-refractivity contribution in [3.63, 3.8) is 0 Å². The van der Waals surface area contributed by atoms with E-state index in [9.17, 15) is 4.79 Å².